The Morgan fingerprint density at radius 2 is 1.75 bits per heavy atom. The van der Waals surface area contributed by atoms with Crippen molar-refractivity contribution >= 4 is 35.2 Å². The molecule has 1 aromatic carbocycles. The number of carbonyl (C=O) groups is 4. The van der Waals surface area contributed by atoms with E-state index in [1.807, 2.05) is 0 Å². The summed E-state index contributed by atoms with van der Waals surface area (Å²) < 4.78 is 38.5. The van der Waals surface area contributed by atoms with Crippen LogP contribution in [-0.2, 0) is 35.2 Å². The second-order valence-corrected chi connectivity index (χ2v) is 9.73. The molecule has 0 bridgehead atoms. The number of amides is 3. The molecule has 0 radical (unpaired) electrons. The second-order valence-electron chi connectivity index (χ2n) is 9.73. The topological polar surface area (TPSA) is 210 Å². The van der Waals surface area contributed by atoms with Crippen LogP contribution >= 0.6 is 0 Å². The summed E-state index contributed by atoms with van der Waals surface area (Å²) in [5.41, 5.74) is 0.0238. The summed E-state index contributed by atoms with van der Waals surface area (Å²) in [6.45, 7) is -0.00248. The highest BCUT2D eigenvalue weighted by Crippen LogP contribution is 2.41. The van der Waals surface area contributed by atoms with E-state index < -0.39 is 48.5 Å². The molecule has 1 fully saturated rings. The number of aromatic nitrogens is 2. The number of benzene rings is 1. The Balaban J connectivity index is 1.40. The van der Waals surface area contributed by atoms with Crippen LogP contribution in [0, 0.1) is 0 Å². The van der Waals surface area contributed by atoms with E-state index in [1.54, 1.807) is 24.3 Å². The maximum atomic E-state index is 14.3. The molecule has 0 aliphatic carbocycles. The number of rotatable bonds is 15. The average Bonchev–Trinajstić information content (AvgIpc) is 3.22. The van der Waals surface area contributed by atoms with Gasteiger partial charge in [0.15, 0.2) is 6.10 Å². The van der Waals surface area contributed by atoms with Crippen LogP contribution in [0.25, 0.3) is 0 Å². The Kier molecular flexibility index (Phi) is 12.4. The van der Waals surface area contributed by atoms with Crippen LogP contribution in [-0.4, -0.2) is 88.4 Å². The number of ether oxygens (including phenoxy) is 2. The van der Waals surface area contributed by atoms with E-state index in [-0.39, 0.29) is 49.9 Å². The van der Waals surface area contributed by atoms with E-state index >= 15 is 0 Å². The molecule has 0 saturated carbocycles. The largest absolute Gasteiger partial charge is 0.469 e. The first-order valence-corrected chi connectivity index (χ1v) is 13.6. The first-order chi connectivity index (χ1) is 20.9. The normalized spacial score (nSPS) is 18.8. The van der Waals surface area contributed by atoms with Gasteiger partial charge < -0.3 is 41.0 Å². The van der Waals surface area contributed by atoms with E-state index in [4.69, 9.17) is 9.84 Å². The van der Waals surface area contributed by atoms with E-state index in [1.165, 1.54) is 7.11 Å². The SMILES string of the molecule is COC(=O)CCNCCC(=O)Nc1cccc(CNC(=O)CCC(=O)Nc2ccn(C3OC(CO)C(O)C3(F)F)c(=O)n2)c1. The van der Waals surface area contributed by atoms with Crippen LogP contribution in [0.1, 0.15) is 37.5 Å². The number of esters is 1. The minimum Gasteiger partial charge on any atom is -0.469 e. The van der Waals surface area contributed by atoms with Crippen LogP contribution in [0.4, 0.5) is 20.3 Å². The minimum atomic E-state index is -3.88. The van der Waals surface area contributed by atoms with Gasteiger partial charge in [0.05, 0.1) is 20.1 Å². The molecule has 44 heavy (non-hydrogen) atoms. The van der Waals surface area contributed by atoms with E-state index in [9.17, 15) is 37.9 Å². The predicted molar refractivity (Wildman–Crippen MR) is 149 cm³/mol. The van der Waals surface area contributed by atoms with Crippen molar-refractivity contribution in [3.8, 4) is 0 Å². The summed E-state index contributed by atoms with van der Waals surface area (Å²) in [6.07, 6.45) is -5.31. The summed E-state index contributed by atoms with van der Waals surface area (Å²) in [6, 6.07) is 7.88. The summed E-state index contributed by atoms with van der Waals surface area (Å²) in [4.78, 5) is 63.6. The van der Waals surface area contributed by atoms with Gasteiger partial charge in [-0.1, -0.05) is 12.1 Å². The smallest absolute Gasteiger partial charge is 0.351 e. The van der Waals surface area contributed by atoms with Crippen molar-refractivity contribution in [3.05, 3.63) is 52.6 Å². The van der Waals surface area contributed by atoms with Crippen LogP contribution in [0.15, 0.2) is 41.3 Å². The van der Waals surface area contributed by atoms with Gasteiger partial charge in [0.2, 0.25) is 23.9 Å². The first kappa shape index (κ1) is 34.2. The fraction of sp³-hybridized carbons (Fsp3) is 0.481. The maximum Gasteiger partial charge on any atom is 0.351 e. The number of aliphatic hydroxyl groups excluding tert-OH is 2. The fourth-order valence-corrected chi connectivity index (χ4v) is 4.10. The van der Waals surface area contributed by atoms with Gasteiger partial charge in [0.1, 0.15) is 11.9 Å². The Morgan fingerprint density at radius 1 is 1.05 bits per heavy atom. The first-order valence-electron chi connectivity index (χ1n) is 13.6. The molecular formula is C27H34F2N6O9. The average molecular weight is 625 g/mol. The van der Waals surface area contributed by atoms with Crippen molar-refractivity contribution in [2.24, 2.45) is 0 Å². The number of methoxy groups -OCH3 is 1. The molecule has 17 heteroatoms. The molecule has 1 aliphatic heterocycles. The third-order valence-corrected chi connectivity index (χ3v) is 6.45. The molecule has 6 N–H and O–H groups in total. The lowest BCUT2D eigenvalue weighted by atomic mass is 10.1. The molecule has 3 atom stereocenters. The molecule has 3 unspecified atom stereocenters. The lowest BCUT2D eigenvalue weighted by Gasteiger charge is -2.21. The molecule has 1 aliphatic rings. The van der Waals surface area contributed by atoms with Crippen LogP contribution in [0.3, 0.4) is 0 Å². The van der Waals surface area contributed by atoms with Gasteiger partial charge in [-0.05, 0) is 23.8 Å². The number of nitrogens with zero attached hydrogens (tertiary/aromatic N) is 2. The van der Waals surface area contributed by atoms with Gasteiger partial charge in [-0.15, -0.1) is 0 Å². The number of hydrogen-bond acceptors (Lipinski definition) is 11. The monoisotopic (exact) mass is 624 g/mol. The third kappa shape index (κ3) is 9.60. The number of nitrogens with one attached hydrogen (secondary N) is 4. The molecule has 2 aromatic rings. The highest BCUT2D eigenvalue weighted by Gasteiger charge is 2.59. The van der Waals surface area contributed by atoms with Gasteiger partial charge in [0.25, 0.3) is 0 Å². The minimum absolute atomic E-state index is 0.124. The lowest BCUT2D eigenvalue weighted by Crippen LogP contribution is -2.41. The van der Waals surface area contributed by atoms with E-state index in [0.717, 1.165) is 12.3 Å². The number of alkyl halides is 2. The van der Waals surface area contributed by atoms with Crippen molar-refractivity contribution in [1.82, 2.24) is 20.2 Å². The molecule has 15 nitrogen and oxygen atoms in total. The molecule has 1 saturated heterocycles. The Labute approximate surface area is 249 Å². The highest BCUT2D eigenvalue weighted by atomic mass is 19.3. The molecule has 240 valence electrons. The molecule has 0 spiro atoms. The standard InChI is InChI=1S/C27H34F2N6O9/c1-43-23(40)8-11-30-10-7-22(39)32-17-4-2-3-16(13-17)14-31-20(37)5-6-21(38)33-19-9-12-35(26(42)34-19)25-27(28,29)24(41)18(15-36)44-25/h2-4,9,12-13,18,24-25,30,36,41H,5-8,10-11,14-15H2,1H3,(H,31,37)(H,32,39)(H,33,34,38,42). The van der Waals surface area contributed by atoms with E-state index in [2.05, 4.69) is 31.0 Å². The molecule has 3 amide bonds. The van der Waals surface area contributed by atoms with Gasteiger partial charge in [-0.2, -0.15) is 13.8 Å². The molecule has 2 heterocycles. The predicted octanol–water partition coefficient (Wildman–Crippen LogP) is -0.354. The van der Waals surface area contributed by atoms with Crippen molar-refractivity contribution in [1.29, 1.82) is 0 Å². The summed E-state index contributed by atoms with van der Waals surface area (Å²) >= 11 is 0. The van der Waals surface area contributed by atoms with Gasteiger partial charge in [-0.25, -0.2) is 4.79 Å². The number of halogens is 2. The number of anilines is 2. The Hall–Kier alpha value is -4.32. The maximum absolute atomic E-state index is 14.3. The zero-order valence-corrected chi connectivity index (χ0v) is 23.8. The number of carbonyl (C=O) groups excluding carboxylic acids is 4. The molecule has 1 aromatic heterocycles. The second kappa shape index (κ2) is 15.9. The number of hydrogen-bond donors (Lipinski definition) is 6. The summed E-state index contributed by atoms with van der Waals surface area (Å²) in [5.74, 6) is -5.82. The van der Waals surface area contributed by atoms with Crippen LogP contribution in [0.2, 0.25) is 0 Å². The summed E-state index contributed by atoms with van der Waals surface area (Å²) in [5, 5.41) is 29.4. The quantitative estimate of drug-likeness (QED) is 0.111. The van der Waals surface area contributed by atoms with Crippen LogP contribution < -0.4 is 27.0 Å². The van der Waals surface area contributed by atoms with Crippen LogP contribution in [0.5, 0.6) is 0 Å². The fourth-order valence-electron chi connectivity index (χ4n) is 4.10. The van der Waals surface area contributed by atoms with Crippen molar-refractivity contribution in [2.75, 3.05) is 37.4 Å². The van der Waals surface area contributed by atoms with Gasteiger partial charge >= 0.3 is 17.6 Å². The van der Waals surface area contributed by atoms with Crippen molar-refractivity contribution in [2.45, 2.75) is 56.6 Å². The van der Waals surface area contributed by atoms with Gasteiger partial charge in [0, 0.05) is 50.8 Å². The Morgan fingerprint density at radius 3 is 2.43 bits per heavy atom. The Bertz CT molecular complexity index is 1390. The van der Waals surface area contributed by atoms with Gasteiger partial charge in [-0.3, -0.25) is 23.7 Å². The molecular weight excluding hydrogens is 590 g/mol. The van der Waals surface area contributed by atoms with E-state index in [0.29, 0.717) is 28.9 Å². The third-order valence-electron chi connectivity index (χ3n) is 6.45. The summed E-state index contributed by atoms with van der Waals surface area (Å²) in [7, 11) is 1.30. The zero-order valence-electron chi connectivity index (χ0n) is 23.8. The van der Waals surface area contributed by atoms with Crippen molar-refractivity contribution < 1.29 is 47.6 Å². The zero-order chi connectivity index (χ0) is 32.3. The highest BCUT2D eigenvalue weighted by molar-refractivity contribution is 5.92. The lowest BCUT2D eigenvalue weighted by molar-refractivity contribution is -0.141. The van der Waals surface area contributed by atoms with Crippen molar-refractivity contribution in [3.63, 3.8) is 0 Å². The molecule has 3 rings (SSSR count). The number of aliphatic hydroxyl groups is 2.